The van der Waals surface area contributed by atoms with Gasteiger partial charge in [-0.25, -0.2) is 8.42 Å². The molecule has 1 fully saturated rings. The molecule has 33 heavy (non-hydrogen) atoms. The van der Waals surface area contributed by atoms with E-state index in [1.165, 1.54) is 16.4 Å². The van der Waals surface area contributed by atoms with E-state index in [9.17, 15) is 13.2 Å². The van der Waals surface area contributed by atoms with E-state index in [-0.39, 0.29) is 16.7 Å². The summed E-state index contributed by atoms with van der Waals surface area (Å²) in [6.45, 7) is 5.33. The predicted molar refractivity (Wildman–Crippen MR) is 126 cm³/mol. The van der Waals surface area contributed by atoms with Gasteiger partial charge >= 0.3 is 0 Å². The van der Waals surface area contributed by atoms with Gasteiger partial charge in [-0.3, -0.25) is 9.78 Å². The van der Waals surface area contributed by atoms with Crippen LogP contribution in [0, 0.1) is 5.92 Å². The number of rotatable bonds is 6. The van der Waals surface area contributed by atoms with Crippen LogP contribution in [0.2, 0.25) is 0 Å². The molecule has 9 nitrogen and oxygen atoms in total. The molecule has 1 saturated heterocycles. The molecule has 0 atom stereocenters. The molecule has 0 aliphatic carbocycles. The van der Waals surface area contributed by atoms with Crippen LogP contribution in [0.4, 0.5) is 11.5 Å². The lowest BCUT2D eigenvalue weighted by molar-refractivity contribution is -0.118. The summed E-state index contributed by atoms with van der Waals surface area (Å²) in [5.74, 6) is 0.448. The second-order valence-electron chi connectivity index (χ2n) is 8.08. The molecule has 3 aromatic rings. The molecule has 0 unspecified atom stereocenters. The summed E-state index contributed by atoms with van der Waals surface area (Å²) in [7, 11) is -3.62. The van der Waals surface area contributed by atoms with Crippen molar-refractivity contribution < 1.29 is 13.2 Å². The molecule has 2 aromatic heterocycles. The number of pyridine rings is 1. The summed E-state index contributed by atoms with van der Waals surface area (Å²) in [5.41, 5.74) is 2.20. The van der Waals surface area contributed by atoms with Crippen LogP contribution in [0.3, 0.4) is 0 Å². The van der Waals surface area contributed by atoms with Gasteiger partial charge in [0.05, 0.1) is 10.6 Å². The first-order chi connectivity index (χ1) is 15.8. The largest absolute Gasteiger partial charge is 0.352 e. The Bertz CT molecular complexity index is 1190. The van der Waals surface area contributed by atoms with E-state index in [4.69, 9.17) is 0 Å². The average Bonchev–Trinajstić information content (AvgIpc) is 2.85. The lowest BCUT2D eigenvalue weighted by atomic mass is 10.2. The fourth-order valence-corrected chi connectivity index (χ4v) is 4.89. The molecule has 172 valence electrons. The molecule has 4 rings (SSSR count). The van der Waals surface area contributed by atoms with E-state index in [1.54, 1.807) is 38.4 Å². The second kappa shape index (κ2) is 9.63. The van der Waals surface area contributed by atoms with Crippen LogP contribution in [0.15, 0.2) is 65.8 Å². The van der Waals surface area contributed by atoms with Crippen LogP contribution in [0.25, 0.3) is 11.3 Å². The molecule has 1 amide bonds. The quantitative estimate of drug-likeness (QED) is 0.595. The molecular weight excluding hydrogens is 440 g/mol. The van der Waals surface area contributed by atoms with Crippen molar-refractivity contribution in [3.05, 3.63) is 60.9 Å². The molecule has 1 aromatic carbocycles. The van der Waals surface area contributed by atoms with Crippen LogP contribution in [-0.2, 0) is 14.8 Å². The standard InChI is InChI=1S/C23H26N6O3S/c1-17(2)23(30)25-19-5-7-20(8-6-19)33(31,32)29-14-12-28(13-15-29)22-10-9-21(26-27-22)18-4-3-11-24-16-18/h3-11,16-17H,12-15H2,1-2H3,(H,25,30). The van der Waals surface area contributed by atoms with Gasteiger partial charge in [0.1, 0.15) is 0 Å². The second-order valence-corrected chi connectivity index (χ2v) is 10.0. The normalized spacial score (nSPS) is 14.9. The predicted octanol–water partition coefficient (Wildman–Crippen LogP) is 2.64. The highest BCUT2D eigenvalue weighted by atomic mass is 32.2. The number of aromatic nitrogens is 3. The third-order valence-corrected chi connectivity index (χ3v) is 7.37. The minimum atomic E-state index is -3.62. The van der Waals surface area contributed by atoms with E-state index in [1.807, 2.05) is 29.2 Å². The topological polar surface area (TPSA) is 108 Å². The first kappa shape index (κ1) is 22.8. The number of hydrogen-bond acceptors (Lipinski definition) is 7. The molecule has 0 bridgehead atoms. The molecular formula is C23H26N6O3S. The van der Waals surface area contributed by atoms with Gasteiger partial charge in [0.15, 0.2) is 5.82 Å². The third kappa shape index (κ3) is 5.18. The summed E-state index contributed by atoms with van der Waals surface area (Å²) >= 11 is 0. The first-order valence-electron chi connectivity index (χ1n) is 10.7. The minimum absolute atomic E-state index is 0.113. The number of benzene rings is 1. The summed E-state index contributed by atoms with van der Waals surface area (Å²) < 4.78 is 27.6. The number of piperazine rings is 1. The van der Waals surface area contributed by atoms with Crippen LogP contribution in [0.1, 0.15) is 13.8 Å². The number of sulfonamides is 1. The zero-order valence-electron chi connectivity index (χ0n) is 18.5. The third-order valence-electron chi connectivity index (χ3n) is 5.45. The van der Waals surface area contributed by atoms with Crippen molar-refractivity contribution in [1.29, 1.82) is 0 Å². The Hall–Kier alpha value is -3.37. The van der Waals surface area contributed by atoms with E-state index in [0.717, 1.165) is 11.3 Å². The lowest BCUT2D eigenvalue weighted by Gasteiger charge is -2.34. The number of carbonyl (C=O) groups is 1. The maximum Gasteiger partial charge on any atom is 0.243 e. The number of nitrogens with zero attached hydrogens (tertiary/aromatic N) is 5. The number of carbonyl (C=O) groups excluding carboxylic acids is 1. The van der Waals surface area contributed by atoms with Gasteiger partial charge in [-0.2, -0.15) is 4.31 Å². The summed E-state index contributed by atoms with van der Waals surface area (Å²) in [4.78, 5) is 18.2. The van der Waals surface area contributed by atoms with Gasteiger partial charge in [-0.05, 0) is 48.5 Å². The van der Waals surface area contributed by atoms with Gasteiger partial charge < -0.3 is 10.2 Å². The number of amides is 1. The average molecular weight is 467 g/mol. The molecule has 10 heteroatoms. The molecule has 3 heterocycles. The van der Waals surface area contributed by atoms with Crippen LogP contribution < -0.4 is 10.2 Å². The van der Waals surface area contributed by atoms with Crippen LogP contribution >= 0.6 is 0 Å². The van der Waals surface area contributed by atoms with Crippen molar-refractivity contribution >= 4 is 27.4 Å². The zero-order chi connectivity index (χ0) is 23.4. The van der Waals surface area contributed by atoms with E-state index < -0.39 is 10.0 Å². The zero-order valence-corrected chi connectivity index (χ0v) is 19.4. The Balaban J connectivity index is 1.38. The smallest absolute Gasteiger partial charge is 0.243 e. The van der Waals surface area contributed by atoms with E-state index >= 15 is 0 Å². The Kier molecular flexibility index (Phi) is 6.66. The van der Waals surface area contributed by atoms with Crippen molar-refractivity contribution in [3.63, 3.8) is 0 Å². The maximum atomic E-state index is 13.1. The SMILES string of the molecule is CC(C)C(=O)Nc1ccc(S(=O)(=O)N2CCN(c3ccc(-c4cccnc4)nn3)CC2)cc1. The highest BCUT2D eigenvalue weighted by Gasteiger charge is 2.29. The van der Waals surface area contributed by atoms with E-state index in [0.29, 0.717) is 37.7 Å². The summed E-state index contributed by atoms with van der Waals surface area (Å²) in [6, 6.07) is 13.8. The van der Waals surface area contributed by atoms with Crippen molar-refractivity contribution in [2.75, 3.05) is 36.4 Å². The van der Waals surface area contributed by atoms with Gasteiger partial charge in [-0.1, -0.05) is 13.8 Å². The van der Waals surface area contributed by atoms with Crippen LogP contribution in [-0.4, -0.2) is 60.0 Å². The summed E-state index contributed by atoms with van der Waals surface area (Å²) in [5, 5.41) is 11.4. The Labute approximate surface area is 193 Å². The van der Waals surface area contributed by atoms with Crippen molar-refractivity contribution in [2.24, 2.45) is 5.92 Å². The number of hydrogen-bond donors (Lipinski definition) is 1. The molecule has 0 radical (unpaired) electrons. The number of nitrogens with one attached hydrogen (secondary N) is 1. The van der Waals surface area contributed by atoms with Crippen molar-refractivity contribution in [1.82, 2.24) is 19.5 Å². The fraction of sp³-hybridized carbons (Fsp3) is 0.304. The molecule has 1 N–H and O–H groups in total. The van der Waals surface area contributed by atoms with Gasteiger partial charge in [0.2, 0.25) is 15.9 Å². The number of anilines is 2. The van der Waals surface area contributed by atoms with Gasteiger partial charge in [0.25, 0.3) is 0 Å². The minimum Gasteiger partial charge on any atom is -0.352 e. The summed E-state index contributed by atoms with van der Waals surface area (Å²) in [6.07, 6.45) is 3.44. The van der Waals surface area contributed by atoms with Gasteiger partial charge in [-0.15, -0.1) is 10.2 Å². The highest BCUT2D eigenvalue weighted by molar-refractivity contribution is 7.89. The van der Waals surface area contributed by atoms with Crippen LogP contribution in [0.5, 0.6) is 0 Å². The molecule has 1 aliphatic heterocycles. The Morgan fingerprint density at radius 3 is 2.27 bits per heavy atom. The fourth-order valence-electron chi connectivity index (χ4n) is 3.47. The van der Waals surface area contributed by atoms with E-state index in [2.05, 4.69) is 20.5 Å². The Morgan fingerprint density at radius 2 is 1.70 bits per heavy atom. The molecule has 0 saturated carbocycles. The molecule has 0 spiro atoms. The maximum absolute atomic E-state index is 13.1. The Morgan fingerprint density at radius 1 is 0.970 bits per heavy atom. The lowest BCUT2D eigenvalue weighted by Crippen LogP contribution is -2.49. The van der Waals surface area contributed by atoms with Crippen molar-refractivity contribution in [2.45, 2.75) is 18.7 Å². The first-order valence-corrected chi connectivity index (χ1v) is 12.2. The van der Waals surface area contributed by atoms with Crippen molar-refractivity contribution in [3.8, 4) is 11.3 Å². The van der Waals surface area contributed by atoms with Gasteiger partial charge in [0, 0.05) is 55.7 Å². The monoisotopic (exact) mass is 466 g/mol. The molecule has 1 aliphatic rings. The highest BCUT2D eigenvalue weighted by Crippen LogP contribution is 2.23.